The molecule has 1 aromatic carbocycles. The molecule has 0 aliphatic heterocycles. The van der Waals surface area contributed by atoms with Crippen molar-refractivity contribution in [3.05, 3.63) is 58.0 Å². The molecule has 25 heavy (non-hydrogen) atoms. The number of amides is 1. The molecular weight excluding hydrogens is 337 g/mol. The third-order valence-corrected chi connectivity index (χ3v) is 3.59. The molecular formula is C16H13F3N4O2. The van der Waals surface area contributed by atoms with Crippen molar-refractivity contribution in [2.24, 2.45) is 0 Å². The van der Waals surface area contributed by atoms with Crippen LogP contribution in [0.4, 0.5) is 13.2 Å². The number of alkyl halides is 3. The lowest BCUT2D eigenvalue weighted by Gasteiger charge is -2.07. The molecule has 3 aromatic rings. The summed E-state index contributed by atoms with van der Waals surface area (Å²) in [5, 5.41) is 5.24. The molecule has 0 spiro atoms. The van der Waals surface area contributed by atoms with E-state index < -0.39 is 23.2 Å². The van der Waals surface area contributed by atoms with Gasteiger partial charge < -0.3 is 5.32 Å². The highest BCUT2D eigenvalue weighted by Gasteiger charge is 2.30. The van der Waals surface area contributed by atoms with Crippen LogP contribution in [0, 0.1) is 0 Å². The van der Waals surface area contributed by atoms with Gasteiger partial charge in [0.15, 0.2) is 5.65 Å². The number of carbonyl (C=O) groups is 1. The second-order valence-electron chi connectivity index (χ2n) is 5.26. The molecule has 2 heterocycles. The van der Waals surface area contributed by atoms with Crippen molar-refractivity contribution in [2.45, 2.75) is 13.1 Å². The number of carbonyl (C=O) groups excluding carboxylic acids is 1. The Kier molecular flexibility index (Phi) is 4.07. The summed E-state index contributed by atoms with van der Waals surface area (Å²) in [6.45, 7) is 2.15. The van der Waals surface area contributed by atoms with Gasteiger partial charge in [-0.25, -0.2) is 9.50 Å². The first-order chi connectivity index (χ1) is 11.8. The van der Waals surface area contributed by atoms with E-state index in [1.165, 1.54) is 24.4 Å². The second kappa shape index (κ2) is 6.08. The Balaban J connectivity index is 2.10. The standard InChI is InChI=1S/C16H13F3N4O2/c1-2-20-15(25)11-8-21-23-13(24)7-12(22-14(11)23)9-3-5-10(6-4-9)16(17,18)19/h3-8,21H,2H2,1H3,(H,20,25). The van der Waals surface area contributed by atoms with Crippen molar-refractivity contribution in [3.8, 4) is 11.3 Å². The summed E-state index contributed by atoms with van der Waals surface area (Å²) in [5.41, 5.74) is -0.463. The van der Waals surface area contributed by atoms with Crippen LogP contribution < -0.4 is 10.9 Å². The smallest absolute Gasteiger partial charge is 0.352 e. The molecule has 0 bridgehead atoms. The number of aromatic nitrogens is 3. The summed E-state index contributed by atoms with van der Waals surface area (Å²) in [6.07, 6.45) is -3.09. The highest BCUT2D eigenvalue weighted by Crippen LogP contribution is 2.30. The normalized spacial score (nSPS) is 11.7. The van der Waals surface area contributed by atoms with E-state index in [0.717, 1.165) is 16.6 Å². The minimum Gasteiger partial charge on any atom is -0.352 e. The third kappa shape index (κ3) is 3.12. The van der Waals surface area contributed by atoms with Crippen LogP contribution in [-0.2, 0) is 6.18 Å². The van der Waals surface area contributed by atoms with Crippen LogP contribution in [0.15, 0.2) is 41.3 Å². The number of fused-ring (bicyclic) bond motifs is 1. The topological polar surface area (TPSA) is 79.3 Å². The average Bonchev–Trinajstić information content (AvgIpc) is 2.99. The quantitative estimate of drug-likeness (QED) is 0.762. The van der Waals surface area contributed by atoms with Crippen molar-refractivity contribution < 1.29 is 18.0 Å². The van der Waals surface area contributed by atoms with Gasteiger partial charge in [-0.3, -0.25) is 14.7 Å². The maximum atomic E-state index is 12.6. The van der Waals surface area contributed by atoms with Crippen molar-refractivity contribution in [2.75, 3.05) is 6.54 Å². The number of nitrogens with one attached hydrogen (secondary N) is 2. The molecule has 0 aliphatic rings. The Labute approximate surface area is 139 Å². The van der Waals surface area contributed by atoms with E-state index in [-0.39, 0.29) is 16.9 Å². The molecule has 0 atom stereocenters. The summed E-state index contributed by atoms with van der Waals surface area (Å²) >= 11 is 0. The van der Waals surface area contributed by atoms with Gasteiger partial charge in [0.2, 0.25) is 0 Å². The number of hydrogen-bond acceptors (Lipinski definition) is 3. The lowest BCUT2D eigenvalue weighted by Crippen LogP contribution is -2.23. The summed E-state index contributed by atoms with van der Waals surface area (Å²) < 4.78 is 39.0. The van der Waals surface area contributed by atoms with Crippen LogP contribution in [-0.4, -0.2) is 27.0 Å². The Hall–Kier alpha value is -3.10. The molecule has 1 amide bonds. The first kappa shape index (κ1) is 16.7. The monoisotopic (exact) mass is 350 g/mol. The van der Waals surface area contributed by atoms with E-state index in [9.17, 15) is 22.8 Å². The Morgan fingerprint density at radius 2 is 1.96 bits per heavy atom. The first-order valence-corrected chi connectivity index (χ1v) is 7.38. The van der Waals surface area contributed by atoms with E-state index >= 15 is 0 Å². The van der Waals surface area contributed by atoms with Crippen LogP contribution in [0.5, 0.6) is 0 Å². The van der Waals surface area contributed by atoms with Crippen LogP contribution in [0.2, 0.25) is 0 Å². The molecule has 0 radical (unpaired) electrons. The minimum atomic E-state index is -4.44. The lowest BCUT2D eigenvalue weighted by atomic mass is 10.1. The van der Waals surface area contributed by atoms with Gasteiger partial charge in [-0.1, -0.05) is 12.1 Å². The van der Waals surface area contributed by atoms with Gasteiger partial charge in [-0.05, 0) is 19.1 Å². The number of H-pyrrole nitrogens is 1. The maximum absolute atomic E-state index is 12.6. The molecule has 2 N–H and O–H groups in total. The summed E-state index contributed by atoms with van der Waals surface area (Å²) in [5.74, 6) is -0.405. The molecule has 0 saturated heterocycles. The van der Waals surface area contributed by atoms with Gasteiger partial charge in [0.1, 0.15) is 5.56 Å². The van der Waals surface area contributed by atoms with Gasteiger partial charge in [0, 0.05) is 24.4 Å². The van der Waals surface area contributed by atoms with Gasteiger partial charge >= 0.3 is 6.18 Å². The average molecular weight is 350 g/mol. The van der Waals surface area contributed by atoms with Gasteiger partial charge in [-0.2, -0.15) is 13.2 Å². The molecule has 0 saturated carbocycles. The van der Waals surface area contributed by atoms with Gasteiger partial charge in [0.05, 0.1) is 11.3 Å². The Bertz CT molecular complexity index is 987. The molecule has 3 rings (SSSR count). The van der Waals surface area contributed by atoms with Crippen LogP contribution in [0.3, 0.4) is 0 Å². The fraction of sp³-hybridized carbons (Fsp3) is 0.188. The lowest BCUT2D eigenvalue weighted by molar-refractivity contribution is -0.137. The molecule has 0 fully saturated rings. The number of aromatic amines is 1. The first-order valence-electron chi connectivity index (χ1n) is 7.38. The SMILES string of the molecule is CCNC(=O)c1c[nH]n2c(=O)cc(-c3ccc(C(F)(F)F)cc3)nc12. The van der Waals surface area contributed by atoms with Crippen molar-refractivity contribution >= 4 is 11.6 Å². The van der Waals surface area contributed by atoms with Crippen LogP contribution >= 0.6 is 0 Å². The number of benzene rings is 1. The van der Waals surface area contributed by atoms with E-state index in [0.29, 0.717) is 12.1 Å². The highest BCUT2D eigenvalue weighted by atomic mass is 19.4. The fourth-order valence-corrected chi connectivity index (χ4v) is 2.38. The van der Waals surface area contributed by atoms with Crippen molar-refractivity contribution in [1.82, 2.24) is 19.9 Å². The molecule has 9 heteroatoms. The molecule has 6 nitrogen and oxygen atoms in total. The van der Waals surface area contributed by atoms with Crippen LogP contribution in [0.1, 0.15) is 22.8 Å². The van der Waals surface area contributed by atoms with Crippen molar-refractivity contribution in [1.29, 1.82) is 0 Å². The second-order valence-corrected chi connectivity index (χ2v) is 5.26. The predicted molar refractivity (Wildman–Crippen MR) is 84.3 cm³/mol. The summed E-state index contributed by atoms with van der Waals surface area (Å²) in [6, 6.07) is 5.49. The van der Waals surface area contributed by atoms with Crippen molar-refractivity contribution in [3.63, 3.8) is 0 Å². The summed E-state index contributed by atoms with van der Waals surface area (Å²) in [4.78, 5) is 28.4. The number of halogens is 3. The Morgan fingerprint density at radius 1 is 1.28 bits per heavy atom. The zero-order valence-electron chi connectivity index (χ0n) is 13.0. The van der Waals surface area contributed by atoms with Gasteiger partial charge in [0.25, 0.3) is 11.5 Å². The Morgan fingerprint density at radius 3 is 2.56 bits per heavy atom. The van der Waals surface area contributed by atoms with E-state index in [1.807, 2.05) is 0 Å². The van der Waals surface area contributed by atoms with Crippen LogP contribution in [0.25, 0.3) is 16.9 Å². The number of hydrogen-bond donors (Lipinski definition) is 2. The van der Waals surface area contributed by atoms with Gasteiger partial charge in [-0.15, -0.1) is 0 Å². The summed E-state index contributed by atoms with van der Waals surface area (Å²) in [7, 11) is 0. The van der Waals surface area contributed by atoms with E-state index in [2.05, 4.69) is 15.4 Å². The maximum Gasteiger partial charge on any atom is 0.416 e. The number of rotatable bonds is 3. The highest BCUT2D eigenvalue weighted by molar-refractivity contribution is 5.99. The minimum absolute atomic E-state index is 0.105. The largest absolute Gasteiger partial charge is 0.416 e. The third-order valence-electron chi connectivity index (χ3n) is 3.59. The molecule has 130 valence electrons. The van der Waals surface area contributed by atoms with E-state index in [1.54, 1.807) is 6.92 Å². The molecule has 2 aromatic heterocycles. The zero-order valence-corrected chi connectivity index (χ0v) is 13.0. The number of nitrogens with zero attached hydrogens (tertiary/aromatic N) is 2. The van der Waals surface area contributed by atoms with E-state index in [4.69, 9.17) is 0 Å². The predicted octanol–water partition coefficient (Wildman–Crippen LogP) is 2.46. The molecule has 0 aliphatic carbocycles. The fourth-order valence-electron chi connectivity index (χ4n) is 2.38. The molecule has 0 unspecified atom stereocenters. The zero-order chi connectivity index (χ0) is 18.2.